The molecule has 0 radical (unpaired) electrons. The van der Waals surface area contributed by atoms with E-state index in [-0.39, 0.29) is 30.8 Å². The largest absolute Gasteiger partial charge is 0.453 e. The Kier molecular flexibility index (Phi) is 12.3. The van der Waals surface area contributed by atoms with E-state index in [2.05, 4.69) is 35.3 Å². The molecule has 0 unspecified atom stereocenters. The zero-order valence-electron chi connectivity index (χ0n) is 27.3. The highest BCUT2D eigenvalue weighted by Crippen LogP contribution is 2.27. The van der Waals surface area contributed by atoms with Gasteiger partial charge in [-0.05, 0) is 35.1 Å². The lowest BCUT2D eigenvalue weighted by Gasteiger charge is -2.21. The molecule has 4 rings (SSSR count). The van der Waals surface area contributed by atoms with Gasteiger partial charge < -0.3 is 35.1 Å². The summed E-state index contributed by atoms with van der Waals surface area (Å²) in [6, 6.07) is 16.3. The van der Waals surface area contributed by atoms with Crippen LogP contribution in [0.25, 0.3) is 33.6 Å². The number of ether oxygens (including phenoxy) is 1. The van der Waals surface area contributed by atoms with Gasteiger partial charge in [-0.2, -0.15) is 0 Å². The Morgan fingerprint density at radius 3 is 1.47 bits per heavy atom. The monoisotopic (exact) mass is 642 g/mol. The molecule has 0 aliphatic carbocycles. The van der Waals surface area contributed by atoms with Crippen LogP contribution >= 0.6 is 0 Å². The van der Waals surface area contributed by atoms with Gasteiger partial charge in [-0.25, -0.2) is 14.8 Å². The lowest BCUT2D eigenvalue weighted by Crippen LogP contribution is -2.40. The van der Waals surface area contributed by atoms with E-state index in [0.29, 0.717) is 37.8 Å². The molecule has 4 aromatic rings. The van der Waals surface area contributed by atoms with Crippen molar-refractivity contribution < 1.29 is 23.9 Å². The van der Waals surface area contributed by atoms with Crippen molar-refractivity contribution in [3.05, 3.63) is 72.6 Å². The first-order valence-electron chi connectivity index (χ1n) is 15.6. The smallest absolute Gasteiger partial charge is 0.407 e. The van der Waals surface area contributed by atoms with Gasteiger partial charge in [-0.15, -0.1) is 0 Å². The summed E-state index contributed by atoms with van der Waals surface area (Å²) in [5.41, 5.74) is 5.72. The normalized spacial score (nSPS) is 10.7. The van der Waals surface area contributed by atoms with Crippen LogP contribution in [0.4, 0.5) is 4.79 Å². The van der Waals surface area contributed by atoms with Gasteiger partial charge in [-0.3, -0.25) is 14.4 Å². The molecule has 248 valence electrons. The van der Waals surface area contributed by atoms with E-state index in [0.717, 1.165) is 46.5 Å². The van der Waals surface area contributed by atoms with Gasteiger partial charge in [0, 0.05) is 20.0 Å². The van der Waals surface area contributed by atoms with Crippen molar-refractivity contribution in [2.75, 3.05) is 33.3 Å². The predicted molar refractivity (Wildman–Crippen MR) is 178 cm³/mol. The van der Waals surface area contributed by atoms with Crippen LogP contribution in [0, 0.1) is 0 Å². The predicted octanol–water partition coefficient (Wildman–Crippen LogP) is 4.10. The molecule has 0 aliphatic rings. The topological polar surface area (TPSA) is 165 Å². The van der Waals surface area contributed by atoms with Gasteiger partial charge >= 0.3 is 6.09 Å². The van der Waals surface area contributed by atoms with Crippen LogP contribution < -0.4 is 10.6 Å². The van der Waals surface area contributed by atoms with Gasteiger partial charge in [0.15, 0.2) is 0 Å². The third-order valence-electron chi connectivity index (χ3n) is 7.41. The maximum atomic E-state index is 12.6. The standard InChI is InChI=1S/C34H42N8O5/c1-5-15-41(32(44)19-35-23(3)43)21-30-36-17-28(39-30)26-11-7-24(8-12-26)25-9-13-27(14-10-25)29-18-37-31(40-29)22-42(16-6-2)33(45)20-38-34(46)47-4/h7-14,17-18H,5-6,15-16,19-22H2,1-4H3,(H,35,43)(H,36,39)(H,37,40)(H,38,46). The summed E-state index contributed by atoms with van der Waals surface area (Å²) in [5, 5.41) is 4.99. The highest BCUT2D eigenvalue weighted by molar-refractivity contribution is 5.84. The maximum absolute atomic E-state index is 12.6. The van der Waals surface area contributed by atoms with Crippen molar-refractivity contribution in [3.8, 4) is 33.6 Å². The molecule has 0 bridgehead atoms. The van der Waals surface area contributed by atoms with Gasteiger partial charge in [0.1, 0.15) is 18.2 Å². The van der Waals surface area contributed by atoms with Crippen molar-refractivity contribution in [2.45, 2.75) is 46.7 Å². The van der Waals surface area contributed by atoms with Gasteiger partial charge in [0.2, 0.25) is 17.7 Å². The van der Waals surface area contributed by atoms with E-state index in [1.807, 2.05) is 62.4 Å². The van der Waals surface area contributed by atoms with Gasteiger partial charge in [0.25, 0.3) is 0 Å². The molecular formula is C34H42N8O5. The lowest BCUT2D eigenvalue weighted by molar-refractivity contribution is -0.133. The minimum absolute atomic E-state index is 0.0345. The number of carbonyl (C=O) groups is 4. The summed E-state index contributed by atoms with van der Waals surface area (Å²) in [6.45, 7) is 6.92. The lowest BCUT2D eigenvalue weighted by atomic mass is 10.0. The number of rotatable bonds is 15. The molecule has 2 heterocycles. The fourth-order valence-electron chi connectivity index (χ4n) is 4.99. The van der Waals surface area contributed by atoms with E-state index in [4.69, 9.17) is 0 Å². The van der Waals surface area contributed by atoms with Gasteiger partial charge in [0.05, 0.1) is 50.5 Å². The zero-order chi connectivity index (χ0) is 33.8. The van der Waals surface area contributed by atoms with Crippen molar-refractivity contribution in [1.82, 2.24) is 40.4 Å². The zero-order valence-corrected chi connectivity index (χ0v) is 27.3. The fourth-order valence-corrected chi connectivity index (χ4v) is 4.99. The highest BCUT2D eigenvalue weighted by Gasteiger charge is 2.17. The van der Waals surface area contributed by atoms with E-state index in [1.165, 1.54) is 14.0 Å². The number of nitrogens with zero attached hydrogens (tertiary/aromatic N) is 4. The first-order chi connectivity index (χ1) is 22.7. The molecule has 0 saturated heterocycles. The molecule has 2 aromatic heterocycles. The average Bonchev–Trinajstić information content (AvgIpc) is 3.76. The number of hydrogen-bond acceptors (Lipinski definition) is 7. The van der Waals surface area contributed by atoms with E-state index < -0.39 is 6.09 Å². The Morgan fingerprint density at radius 2 is 1.09 bits per heavy atom. The van der Waals surface area contributed by atoms with Gasteiger partial charge in [-0.1, -0.05) is 62.4 Å². The fraction of sp³-hybridized carbons (Fsp3) is 0.353. The van der Waals surface area contributed by atoms with Crippen LogP contribution in [-0.2, 0) is 32.2 Å². The number of H-pyrrole nitrogens is 2. The molecule has 0 atom stereocenters. The minimum Gasteiger partial charge on any atom is -0.453 e. The number of nitrogens with one attached hydrogen (secondary N) is 4. The van der Waals surface area contributed by atoms with E-state index in [9.17, 15) is 19.2 Å². The molecular weight excluding hydrogens is 600 g/mol. The first-order valence-corrected chi connectivity index (χ1v) is 15.6. The molecule has 0 spiro atoms. The molecule has 13 nitrogen and oxygen atoms in total. The molecule has 2 aromatic carbocycles. The van der Waals surface area contributed by atoms with Crippen molar-refractivity contribution in [3.63, 3.8) is 0 Å². The summed E-state index contributed by atoms with van der Waals surface area (Å²) in [6.07, 6.45) is 4.42. The van der Waals surface area contributed by atoms with Crippen LogP contribution in [0.15, 0.2) is 60.9 Å². The Morgan fingerprint density at radius 1 is 0.681 bits per heavy atom. The summed E-state index contributed by atoms with van der Waals surface area (Å²) in [7, 11) is 1.25. The number of aromatic amines is 2. The van der Waals surface area contributed by atoms with Crippen LogP contribution in [0.1, 0.15) is 45.3 Å². The molecule has 13 heteroatoms. The molecule has 4 amide bonds. The number of amides is 4. The Bertz CT molecular complexity index is 1650. The highest BCUT2D eigenvalue weighted by atomic mass is 16.5. The second kappa shape index (κ2) is 16.7. The number of imidazole rings is 2. The second-order valence-electron chi connectivity index (χ2n) is 11.0. The number of aromatic nitrogens is 4. The third-order valence-corrected chi connectivity index (χ3v) is 7.41. The van der Waals surface area contributed by atoms with Crippen LogP contribution in [0.2, 0.25) is 0 Å². The molecule has 0 fully saturated rings. The molecule has 0 aliphatic heterocycles. The van der Waals surface area contributed by atoms with Crippen molar-refractivity contribution >= 4 is 23.8 Å². The maximum Gasteiger partial charge on any atom is 0.407 e. The number of methoxy groups -OCH3 is 1. The number of hydrogen-bond donors (Lipinski definition) is 4. The third kappa shape index (κ3) is 9.76. The van der Waals surface area contributed by atoms with Crippen LogP contribution in [0.3, 0.4) is 0 Å². The average molecular weight is 643 g/mol. The van der Waals surface area contributed by atoms with E-state index in [1.54, 1.807) is 22.2 Å². The summed E-state index contributed by atoms with van der Waals surface area (Å²) >= 11 is 0. The first kappa shape index (κ1) is 34.4. The summed E-state index contributed by atoms with van der Waals surface area (Å²) < 4.78 is 4.54. The SMILES string of the molecule is CCCN(Cc1ncc(-c2ccc(-c3ccc(-c4cnc(CN(CCC)C(=O)CNC(=O)OC)[nH]4)cc3)cc2)[nH]1)C(=O)CNC(C)=O. The Labute approximate surface area is 274 Å². The van der Waals surface area contributed by atoms with Crippen LogP contribution in [-0.4, -0.2) is 86.8 Å². The summed E-state index contributed by atoms with van der Waals surface area (Å²) in [5.74, 6) is 0.711. The van der Waals surface area contributed by atoms with Crippen molar-refractivity contribution in [1.29, 1.82) is 0 Å². The number of alkyl carbamates (subject to hydrolysis) is 1. The Balaban J connectivity index is 1.37. The number of carbonyl (C=O) groups excluding carboxylic acids is 4. The van der Waals surface area contributed by atoms with E-state index >= 15 is 0 Å². The van der Waals surface area contributed by atoms with Crippen molar-refractivity contribution in [2.24, 2.45) is 0 Å². The minimum atomic E-state index is -0.650. The Hall–Kier alpha value is -5.46. The summed E-state index contributed by atoms with van der Waals surface area (Å²) in [4.78, 5) is 66.6. The number of benzene rings is 2. The molecule has 47 heavy (non-hydrogen) atoms. The second-order valence-corrected chi connectivity index (χ2v) is 11.0. The quantitative estimate of drug-likeness (QED) is 0.152. The molecule has 0 saturated carbocycles. The molecule has 4 N–H and O–H groups in total. The van der Waals surface area contributed by atoms with Crippen LogP contribution in [0.5, 0.6) is 0 Å².